The first kappa shape index (κ1) is 16.2. The summed E-state index contributed by atoms with van der Waals surface area (Å²) < 4.78 is 0. The fraction of sp³-hybridized carbons (Fsp3) is 0.375. The molecule has 0 bridgehead atoms. The van der Waals surface area contributed by atoms with Gasteiger partial charge >= 0.3 is 0 Å². The number of benzene rings is 1. The Balaban J connectivity index is 2.14. The lowest BCUT2D eigenvalue weighted by Gasteiger charge is -2.20. The molecule has 118 valence electrons. The Morgan fingerprint density at radius 1 is 1.18 bits per heavy atom. The number of nitrogens with one attached hydrogen (secondary N) is 1. The predicted molar refractivity (Wildman–Crippen MR) is 83.5 cm³/mol. The third-order valence-electron chi connectivity index (χ3n) is 3.40. The molecular formula is C16H21N3O3. The molecule has 0 fully saturated rings. The number of aromatic nitrogens is 2. The summed E-state index contributed by atoms with van der Waals surface area (Å²) in [6.45, 7) is 2.53. The van der Waals surface area contributed by atoms with Crippen molar-refractivity contribution >= 4 is 5.91 Å². The number of hydrogen-bond acceptors (Lipinski definition) is 4. The molecule has 22 heavy (non-hydrogen) atoms. The smallest absolute Gasteiger partial charge is 0.271 e. The number of carbonyl (C=O) groups is 1. The Hall–Kier alpha value is -2.18. The number of rotatable bonds is 7. The molecule has 1 amide bonds. The summed E-state index contributed by atoms with van der Waals surface area (Å²) in [7, 11) is 0. The molecule has 6 nitrogen and oxygen atoms in total. The van der Waals surface area contributed by atoms with Crippen LogP contribution >= 0.6 is 0 Å². The second kappa shape index (κ2) is 7.72. The molecule has 0 unspecified atom stereocenters. The Morgan fingerprint density at radius 3 is 2.55 bits per heavy atom. The summed E-state index contributed by atoms with van der Waals surface area (Å²) in [4.78, 5) is 13.9. The first-order chi connectivity index (χ1) is 10.7. The molecule has 0 aliphatic rings. The van der Waals surface area contributed by atoms with E-state index in [1.165, 1.54) is 4.90 Å². The molecule has 1 heterocycles. The van der Waals surface area contributed by atoms with Crippen molar-refractivity contribution in [2.45, 2.75) is 13.3 Å². The van der Waals surface area contributed by atoms with Crippen molar-refractivity contribution in [1.82, 2.24) is 15.1 Å². The second-order valence-electron chi connectivity index (χ2n) is 5.13. The molecule has 0 aliphatic heterocycles. The van der Waals surface area contributed by atoms with Crippen molar-refractivity contribution in [3.63, 3.8) is 0 Å². The van der Waals surface area contributed by atoms with E-state index in [2.05, 4.69) is 10.2 Å². The molecule has 0 spiro atoms. The van der Waals surface area contributed by atoms with Crippen LogP contribution in [0.25, 0.3) is 11.3 Å². The van der Waals surface area contributed by atoms with Crippen LogP contribution in [-0.4, -0.2) is 57.5 Å². The molecule has 0 saturated carbocycles. The van der Waals surface area contributed by atoms with E-state index < -0.39 is 0 Å². The van der Waals surface area contributed by atoms with Gasteiger partial charge < -0.3 is 15.1 Å². The Bertz CT molecular complexity index is 607. The zero-order valence-corrected chi connectivity index (χ0v) is 12.6. The summed E-state index contributed by atoms with van der Waals surface area (Å²) in [5.74, 6) is -0.228. The second-order valence-corrected chi connectivity index (χ2v) is 5.13. The van der Waals surface area contributed by atoms with Gasteiger partial charge in [0.2, 0.25) is 0 Å². The Kier molecular flexibility index (Phi) is 5.68. The van der Waals surface area contributed by atoms with Crippen molar-refractivity contribution in [2.24, 2.45) is 0 Å². The maximum Gasteiger partial charge on any atom is 0.271 e. The monoisotopic (exact) mass is 303 g/mol. The highest BCUT2D eigenvalue weighted by molar-refractivity contribution is 5.93. The topological polar surface area (TPSA) is 89.5 Å². The number of aliphatic hydroxyl groups excluding tert-OH is 2. The van der Waals surface area contributed by atoms with Gasteiger partial charge in [-0.3, -0.25) is 9.89 Å². The molecule has 2 rings (SSSR count). The van der Waals surface area contributed by atoms with Crippen LogP contribution in [0, 0.1) is 6.92 Å². The Morgan fingerprint density at radius 2 is 1.91 bits per heavy atom. The van der Waals surface area contributed by atoms with Gasteiger partial charge in [-0.05, 0) is 19.4 Å². The van der Waals surface area contributed by atoms with E-state index in [4.69, 9.17) is 10.2 Å². The van der Waals surface area contributed by atoms with Gasteiger partial charge in [0.15, 0.2) is 0 Å². The van der Waals surface area contributed by atoms with Gasteiger partial charge in [-0.2, -0.15) is 5.10 Å². The van der Waals surface area contributed by atoms with Crippen molar-refractivity contribution in [1.29, 1.82) is 0 Å². The zero-order chi connectivity index (χ0) is 15.9. The lowest BCUT2D eigenvalue weighted by molar-refractivity contribution is 0.0704. The van der Waals surface area contributed by atoms with E-state index in [1.54, 1.807) is 6.07 Å². The molecular weight excluding hydrogens is 282 g/mol. The molecule has 2 aromatic rings. The summed E-state index contributed by atoms with van der Waals surface area (Å²) in [6, 6.07) is 9.60. The fourth-order valence-electron chi connectivity index (χ4n) is 2.17. The van der Waals surface area contributed by atoms with Crippen LogP contribution in [0.15, 0.2) is 30.3 Å². The third-order valence-corrected chi connectivity index (χ3v) is 3.40. The van der Waals surface area contributed by atoms with Crippen LogP contribution in [0.4, 0.5) is 0 Å². The van der Waals surface area contributed by atoms with Gasteiger partial charge in [-0.15, -0.1) is 0 Å². The van der Waals surface area contributed by atoms with E-state index in [1.807, 2.05) is 31.2 Å². The minimum atomic E-state index is -0.228. The van der Waals surface area contributed by atoms with Crippen LogP contribution in [0.3, 0.4) is 0 Å². The first-order valence-electron chi connectivity index (χ1n) is 7.29. The van der Waals surface area contributed by atoms with Gasteiger partial charge in [-0.25, -0.2) is 0 Å². The fourth-order valence-corrected chi connectivity index (χ4v) is 2.17. The van der Waals surface area contributed by atoms with Crippen molar-refractivity contribution in [3.05, 3.63) is 41.6 Å². The van der Waals surface area contributed by atoms with Crippen LogP contribution in [-0.2, 0) is 0 Å². The Labute approximate surface area is 129 Å². The number of carbonyl (C=O) groups excluding carboxylic acids is 1. The quantitative estimate of drug-likeness (QED) is 0.717. The van der Waals surface area contributed by atoms with Crippen molar-refractivity contribution < 1.29 is 15.0 Å². The maximum absolute atomic E-state index is 12.4. The number of hydrogen-bond donors (Lipinski definition) is 3. The molecule has 6 heteroatoms. The molecule has 0 saturated heterocycles. The largest absolute Gasteiger partial charge is 0.396 e. The molecule has 0 radical (unpaired) electrons. The van der Waals surface area contributed by atoms with Crippen molar-refractivity contribution in [2.75, 3.05) is 26.3 Å². The van der Waals surface area contributed by atoms with E-state index >= 15 is 0 Å². The summed E-state index contributed by atoms with van der Waals surface area (Å²) in [6.07, 6.45) is 0.477. The normalized spacial score (nSPS) is 10.7. The average molecular weight is 303 g/mol. The maximum atomic E-state index is 12.4. The lowest BCUT2D eigenvalue weighted by Crippen LogP contribution is -2.35. The minimum absolute atomic E-state index is 0.00675. The van der Waals surface area contributed by atoms with Crippen LogP contribution < -0.4 is 0 Å². The predicted octanol–water partition coefficient (Wildman–Crippen LogP) is 1.20. The van der Waals surface area contributed by atoms with Gasteiger partial charge in [0, 0.05) is 25.3 Å². The van der Waals surface area contributed by atoms with Gasteiger partial charge in [0.1, 0.15) is 5.69 Å². The van der Waals surface area contributed by atoms with Crippen LogP contribution in [0.5, 0.6) is 0 Å². The van der Waals surface area contributed by atoms with Crippen molar-refractivity contribution in [3.8, 4) is 11.3 Å². The average Bonchev–Trinajstić information content (AvgIpc) is 3.01. The van der Waals surface area contributed by atoms with Gasteiger partial charge in [0.25, 0.3) is 5.91 Å². The zero-order valence-electron chi connectivity index (χ0n) is 12.6. The molecule has 0 aliphatic carbocycles. The van der Waals surface area contributed by atoms with Gasteiger partial charge in [0.05, 0.1) is 12.3 Å². The minimum Gasteiger partial charge on any atom is -0.396 e. The van der Waals surface area contributed by atoms with Crippen LogP contribution in [0.2, 0.25) is 0 Å². The number of amides is 1. The molecule has 0 atom stereocenters. The lowest BCUT2D eigenvalue weighted by atomic mass is 10.1. The number of nitrogens with zero attached hydrogens (tertiary/aromatic N) is 2. The highest BCUT2D eigenvalue weighted by atomic mass is 16.3. The van der Waals surface area contributed by atoms with Gasteiger partial charge in [-0.1, -0.05) is 29.8 Å². The van der Waals surface area contributed by atoms with E-state index in [0.717, 1.165) is 11.1 Å². The standard InChI is InChI=1S/C16H21N3O3/c1-12-3-5-13(6-4-12)14-11-15(18-17-14)16(22)19(8-10-21)7-2-9-20/h3-6,11,20-21H,2,7-10H2,1H3,(H,17,18). The number of H-pyrrole nitrogens is 1. The number of aliphatic hydroxyl groups is 2. The number of aromatic amines is 1. The third kappa shape index (κ3) is 3.93. The molecule has 3 N–H and O–H groups in total. The molecule has 1 aromatic carbocycles. The SMILES string of the molecule is Cc1ccc(-c2cc(C(=O)N(CCO)CCCO)[nH]n2)cc1. The highest BCUT2D eigenvalue weighted by Gasteiger charge is 2.17. The molecule has 1 aromatic heterocycles. The first-order valence-corrected chi connectivity index (χ1v) is 7.29. The summed E-state index contributed by atoms with van der Waals surface area (Å²) >= 11 is 0. The number of aryl methyl sites for hydroxylation is 1. The highest BCUT2D eigenvalue weighted by Crippen LogP contribution is 2.18. The summed E-state index contributed by atoms with van der Waals surface area (Å²) in [5, 5.41) is 24.9. The van der Waals surface area contributed by atoms with Crippen LogP contribution in [0.1, 0.15) is 22.5 Å². The van der Waals surface area contributed by atoms with E-state index in [0.29, 0.717) is 24.4 Å². The van der Waals surface area contributed by atoms with E-state index in [9.17, 15) is 4.79 Å². The summed E-state index contributed by atoms with van der Waals surface area (Å²) in [5.41, 5.74) is 3.18. The van der Waals surface area contributed by atoms with E-state index in [-0.39, 0.29) is 25.7 Å².